The van der Waals surface area contributed by atoms with Gasteiger partial charge in [0.2, 0.25) is 0 Å². The van der Waals surface area contributed by atoms with E-state index in [0.29, 0.717) is 18.0 Å². The molecular weight excluding hydrogens is 372 g/mol. The maximum Gasteiger partial charge on any atom is 0.253 e. The van der Waals surface area contributed by atoms with Crippen LogP contribution in [0.3, 0.4) is 0 Å². The summed E-state index contributed by atoms with van der Waals surface area (Å²) in [6.45, 7) is 1.50. The quantitative estimate of drug-likeness (QED) is 0.536. The third kappa shape index (κ3) is 3.16. The van der Waals surface area contributed by atoms with Crippen molar-refractivity contribution in [2.75, 3.05) is 13.1 Å². The highest BCUT2D eigenvalue weighted by atomic mass is 32.1. The molecule has 0 bridgehead atoms. The van der Waals surface area contributed by atoms with E-state index in [4.69, 9.17) is 4.98 Å². The van der Waals surface area contributed by atoms with Gasteiger partial charge in [-0.05, 0) is 59.7 Å². The number of likely N-dealkylation sites (tertiary alicyclic amines) is 1. The van der Waals surface area contributed by atoms with Gasteiger partial charge in [0.05, 0.1) is 20.9 Å². The number of thiazole rings is 1. The fraction of sp³-hybridized carbons (Fsp3) is 0.250. The van der Waals surface area contributed by atoms with E-state index in [0.717, 1.165) is 35.6 Å². The number of hydrogen-bond acceptors (Lipinski definition) is 6. The van der Waals surface area contributed by atoms with E-state index in [1.807, 2.05) is 47.4 Å². The number of nitrogens with zero attached hydrogens (tertiary/aromatic N) is 6. The molecule has 7 nitrogen and oxygen atoms in total. The number of rotatable bonds is 3. The lowest BCUT2D eigenvalue weighted by Crippen LogP contribution is -2.39. The Kier molecular flexibility index (Phi) is 4.32. The van der Waals surface area contributed by atoms with Gasteiger partial charge >= 0.3 is 0 Å². The van der Waals surface area contributed by atoms with Crippen LogP contribution >= 0.6 is 11.3 Å². The molecule has 2 aromatic carbocycles. The van der Waals surface area contributed by atoms with Crippen LogP contribution in [-0.2, 0) is 0 Å². The van der Waals surface area contributed by atoms with Crippen molar-refractivity contribution in [1.82, 2.24) is 30.1 Å². The Hall–Kier alpha value is -3.13. The molecule has 0 aliphatic carbocycles. The first-order valence-corrected chi connectivity index (χ1v) is 10.1. The first kappa shape index (κ1) is 17.0. The first-order valence-electron chi connectivity index (χ1n) is 9.26. The van der Waals surface area contributed by atoms with Crippen molar-refractivity contribution in [2.45, 2.75) is 18.8 Å². The van der Waals surface area contributed by atoms with E-state index in [1.165, 1.54) is 11.0 Å². The Morgan fingerprint density at radius 2 is 1.96 bits per heavy atom. The molecule has 0 radical (unpaired) electrons. The Balaban J connectivity index is 1.33. The fourth-order valence-electron chi connectivity index (χ4n) is 3.65. The third-order valence-electron chi connectivity index (χ3n) is 5.10. The lowest BCUT2D eigenvalue weighted by atomic mass is 9.98. The van der Waals surface area contributed by atoms with Gasteiger partial charge in [-0.25, -0.2) is 9.67 Å². The number of aromatic nitrogens is 5. The number of benzene rings is 2. The smallest absolute Gasteiger partial charge is 0.253 e. The molecule has 2 aromatic heterocycles. The topological polar surface area (TPSA) is 76.8 Å². The van der Waals surface area contributed by atoms with E-state index >= 15 is 0 Å². The van der Waals surface area contributed by atoms with Crippen LogP contribution in [0.2, 0.25) is 0 Å². The van der Waals surface area contributed by atoms with Crippen molar-refractivity contribution in [3.8, 4) is 5.69 Å². The number of para-hydroxylation sites is 1. The van der Waals surface area contributed by atoms with Crippen LogP contribution in [0.5, 0.6) is 0 Å². The van der Waals surface area contributed by atoms with Gasteiger partial charge in [-0.15, -0.1) is 16.4 Å². The molecule has 5 rings (SSSR count). The molecule has 3 heterocycles. The second kappa shape index (κ2) is 7.12. The van der Waals surface area contributed by atoms with E-state index in [2.05, 4.69) is 21.6 Å². The zero-order chi connectivity index (χ0) is 18.9. The predicted octanol–water partition coefficient (Wildman–Crippen LogP) is 3.29. The van der Waals surface area contributed by atoms with Crippen LogP contribution in [0.4, 0.5) is 0 Å². The zero-order valence-electron chi connectivity index (χ0n) is 15.1. The number of carbonyl (C=O) groups is 1. The van der Waals surface area contributed by atoms with Crippen LogP contribution in [0.1, 0.15) is 34.1 Å². The number of amides is 1. The summed E-state index contributed by atoms with van der Waals surface area (Å²) in [6.07, 6.45) is 3.60. The minimum atomic E-state index is 0.0640. The van der Waals surface area contributed by atoms with Crippen molar-refractivity contribution >= 4 is 27.5 Å². The van der Waals surface area contributed by atoms with E-state index in [-0.39, 0.29) is 5.91 Å². The molecule has 1 amide bonds. The van der Waals surface area contributed by atoms with Crippen LogP contribution in [0, 0.1) is 0 Å². The lowest BCUT2D eigenvalue weighted by molar-refractivity contribution is 0.0707. The van der Waals surface area contributed by atoms with E-state index in [1.54, 1.807) is 16.0 Å². The summed E-state index contributed by atoms with van der Waals surface area (Å²) in [6, 6.07) is 15.6. The van der Waals surface area contributed by atoms with Crippen molar-refractivity contribution in [3.63, 3.8) is 0 Å². The van der Waals surface area contributed by atoms with Crippen LogP contribution < -0.4 is 0 Å². The molecule has 140 valence electrons. The fourth-order valence-corrected chi connectivity index (χ4v) is 4.74. The maximum absolute atomic E-state index is 13.0. The summed E-state index contributed by atoms with van der Waals surface area (Å²) in [4.78, 5) is 19.8. The van der Waals surface area contributed by atoms with Gasteiger partial charge in [-0.2, -0.15) is 0 Å². The lowest BCUT2D eigenvalue weighted by Gasteiger charge is -2.32. The molecule has 1 saturated heterocycles. The number of carbonyl (C=O) groups excluding carboxylic acids is 1. The molecule has 1 fully saturated rings. The number of fused-ring (bicyclic) bond motifs is 1. The molecule has 1 aliphatic heterocycles. The summed E-state index contributed by atoms with van der Waals surface area (Å²) >= 11 is 1.74. The second-order valence-electron chi connectivity index (χ2n) is 6.91. The minimum Gasteiger partial charge on any atom is -0.338 e. The average Bonchev–Trinajstić information content (AvgIpc) is 3.43. The molecule has 0 saturated carbocycles. The van der Waals surface area contributed by atoms with Gasteiger partial charge in [-0.1, -0.05) is 12.1 Å². The highest BCUT2D eigenvalue weighted by Gasteiger charge is 2.27. The predicted molar refractivity (Wildman–Crippen MR) is 107 cm³/mol. The molecule has 4 aromatic rings. The highest BCUT2D eigenvalue weighted by molar-refractivity contribution is 7.18. The van der Waals surface area contributed by atoms with Crippen molar-refractivity contribution in [3.05, 3.63) is 65.4 Å². The van der Waals surface area contributed by atoms with Gasteiger partial charge < -0.3 is 4.90 Å². The third-order valence-corrected chi connectivity index (χ3v) is 6.29. The first-order chi connectivity index (χ1) is 13.8. The Morgan fingerprint density at radius 1 is 1.11 bits per heavy atom. The molecule has 0 N–H and O–H groups in total. The Labute approximate surface area is 165 Å². The van der Waals surface area contributed by atoms with E-state index < -0.39 is 0 Å². The Bertz CT molecular complexity index is 1070. The maximum atomic E-state index is 13.0. The normalized spacial score (nSPS) is 17.1. The summed E-state index contributed by atoms with van der Waals surface area (Å²) in [5.41, 5.74) is 2.55. The van der Waals surface area contributed by atoms with Crippen LogP contribution in [0.15, 0.2) is 54.9 Å². The van der Waals surface area contributed by atoms with Crippen LogP contribution in [0.25, 0.3) is 15.9 Å². The summed E-state index contributed by atoms with van der Waals surface area (Å²) in [5.74, 6) is 0.365. The second-order valence-corrected chi connectivity index (χ2v) is 7.97. The average molecular weight is 390 g/mol. The molecular formula is C20H18N6OS. The minimum absolute atomic E-state index is 0.0640. The van der Waals surface area contributed by atoms with Crippen molar-refractivity contribution < 1.29 is 4.79 Å². The van der Waals surface area contributed by atoms with Gasteiger partial charge in [0.15, 0.2) is 0 Å². The molecule has 1 atom stereocenters. The van der Waals surface area contributed by atoms with Gasteiger partial charge in [0.1, 0.15) is 6.33 Å². The van der Waals surface area contributed by atoms with Crippen LogP contribution in [-0.4, -0.2) is 49.1 Å². The van der Waals surface area contributed by atoms with Gasteiger partial charge in [0.25, 0.3) is 5.91 Å². The molecule has 1 unspecified atom stereocenters. The molecule has 0 spiro atoms. The monoisotopic (exact) mass is 390 g/mol. The number of hydrogen-bond donors (Lipinski definition) is 0. The van der Waals surface area contributed by atoms with Gasteiger partial charge in [0, 0.05) is 24.6 Å². The molecule has 1 aliphatic rings. The zero-order valence-corrected chi connectivity index (χ0v) is 15.9. The standard InChI is InChI=1S/C20H18N6OS/c27-20(14-7-9-16(10-8-14)26-13-21-23-24-26)25-11-3-4-15(12-25)19-22-17-5-1-2-6-18(17)28-19/h1-2,5-10,13,15H,3-4,11-12H2. The van der Waals surface area contributed by atoms with Crippen molar-refractivity contribution in [2.24, 2.45) is 0 Å². The summed E-state index contributed by atoms with van der Waals surface area (Å²) in [7, 11) is 0. The van der Waals surface area contributed by atoms with Gasteiger partial charge in [-0.3, -0.25) is 4.79 Å². The van der Waals surface area contributed by atoms with Crippen molar-refractivity contribution in [1.29, 1.82) is 0 Å². The van der Waals surface area contributed by atoms with E-state index in [9.17, 15) is 4.79 Å². The molecule has 28 heavy (non-hydrogen) atoms. The number of piperidine rings is 1. The summed E-state index contributed by atoms with van der Waals surface area (Å²) < 4.78 is 2.78. The molecule has 8 heteroatoms. The summed E-state index contributed by atoms with van der Waals surface area (Å²) in [5, 5.41) is 12.3. The SMILES string of the molecule is O=C(c1ccc(-n2cnnn2)cc1)N1CCCC(c2nc3ccccc3s2)C1. The highest BCUT2D eigenvalue weighted by Crippen LogP contribution is 2.33. The Morgan fingerprint density at radius 3 is 2.75 bits per heavy atom. The number of tetrazole rings is 1. The largest absolute Gasteiger partial charge is 0.338 e.